The zero-order chi connectivity index (χ0) is 12.3. The second-order valence-corrected chi connectivity index (χ2v) is 5.06. The molecule has 0 bridgehead atoms. The summed E-state index contributed by atoms with van der Waals surface area (Å²) in [6.45, 7) is 4.02. The first-order chi connectivity index (χ1) is 8.26. The molecule has 1 heterocycles. The molecule has 0 aliphatic carbocycles. The zero-order valence-electron chi connectivity index (χ0n) is 10.1. The van der Waals surface area contributed by atoms with Gasteiger partial charge in [-0.05, 0) is 28.7 Å². The lowest BCUT2D eigenvalue weighted by atomic mass is 10.2. The van der Waals surface area contributed by atoms with Gasteiger partial charge < -0.3 is 19.7 Å². The van der Waals surface area contributed by atoms with Crippen molar-refractivity contribution in [2.24, 2.45) is 0 Å². The van der Waals surface area contributed by atoms with Gasteiger partial charge in [0.15, 0.2) is 0 Å². The number of piperazine rings is 1. The standard InChI is InChI=1S/C12H17IN2O2/c1-16-11-8-10(12(17-2)7-9(11)13)15-5-3-14-4-6-15/h7-8,14H,3-6H2,1-2H3. The average molecular weight is 348 g/mol. The smallest absolute Gasteiger partial charge is 0.143 e. The molecule has 1 N–H and O–H groups in total. The summed E-state index contributed by atoms with van der Waals surface area (Å²) >= 11 is 2.26. The number of hydrogen-bond acceptors (Lipinski definition) is 4. The Morgan fingerprint density at radius 1 is 1.12 bits per heavy atom. The molecule has 4 nitrogen and oxygen atoms in total. The number of methoxy groups -OCH3 is 2. The largest absolute Gasteiger partial charge is 0.496 e. The minimum absolute atomic E-state index is 0.903. The maximum absolute atomic E-state index is 5.46. The Hall–Kier alpha value is -0.690. The fourth-order valence-corrected chi connectivity index (χ4v) is 2.66. The van der Waals surface area contributed by atoms with E-state index in [2.05, 4.69) is 38.9 Å². The highest BCUT2D eigenvalue weighted by Gasteiger charge is 2.17. The van der Waals surface area contributed by atoms with Crippen molar-refractivity contribution in [2.45, 2.75) is 0 Å². The molecule has 1 aromatic rings. The van der Waals surface area contributed by atoms with Crippen LogP contribution in [-0.2, 0) is 0 Å². The molecule has 1 aliphatic heterocycles. The molecule has 2 rings (SSSR count). The van der Waals surface area contributed by atoms with Gasteiger partial charge >= 0.3 is 0 Å². The van der Waals surface area contributed by atoms with E-state index in [9.17, 15) is 0 Å². The van der Waals surface area contributed by atoms with E-state index in [0.717, 1.165) is 46.9 Å². The van der Waals surface area contributed by atoms with Gasteiger partial charge in [0.1, 0.15) is 11.5 Å². The summed E-state index contributed by atoms with van der Waals surface area (Å²) in [7, 11) is 3.41. The number of nitrogens with one attached hydrogen (secondary N) is 1. The summed E-state index contributed by atoms with van der Waals surface area (Å²) in [6.07, 6.45) is 0. The summed E-state index contributed by atoms with van der Waals surface area (Å²) < 4.78 is 11.9. The molecule has 1 saturated heterocycles. The molecule has 0 amide bonds. The third-order valence-corrected chi connectivity index (χ3v) is 3.75. The number of ether oxygens (including phenoxy) is 2. The van der Waals surface area contributed by atoms with Crippen molar-refractivity contribution in [1.82, 2.24) is 5.32 Å². The molecule has 0 aromatic heterocycles. The van der Waals surface area contributed by atoms with Gasteiger partial charge in [-0.15, -0.1) is 0 Å². The Labute approximate surface area is 115 Å². The van der Waals surface area contributed by atoms with Crippen LogP contribution in [0.25, 0.3) is 0 Å². The van der Waals surface area contributed by atoms with E-state index in [4.69, 9.17) is 9.47 Å². The maximum Gasteiger partial charge on any atom is 0.143 e. The van der Waals surface area contributed by atoms with E-state index in [1.54, 1.807) is 14.2 Å². The van der Waals surface area contributed by atoms with Crippen molar-refractivity contribution >= 4 is 28.3 Å². The van der Waals surface area contributed by atoms with Crippen molar-refractivity contribution in [2.75, 3.05) is 45.3 Å². The molecule has 1 fully saturated rings. The molecule has 1 aromatic carbocycles. The predicted octanol–water partition coefficient (Wildman–Crippen LogP) is 1.72. The van der Waals surface area contributed by atoms with Gasteiger partial charge in [-0.2, -0.15) is 0 Å². The zero-order valence-corrected chi connectivity index (χ0v) is 12.3. The van der Waals surface area contributed by atoms with E-state index < -0.39 is 0 Å². The molecule has 5 heteroatoms. The van der Waals surface area contributed by atoms with Crippen molar-refractivity contribution < 1.29 is 9.47 Å². The first-order valence-corrected chi connectivity index (χ1v) is 6.71. The number of hydrogen-bond donors (Lipinski definition) is 1. The summed E-state index contributed by atoms with van der Waals surface area (Å²) in [5.41, 5.74) is 1.12. The number of nitrogens with zero attached hydrogens (tertiary/aromatic N) is 1. The van der Waals surface area contributed by atoms with Crippen LogP contribution in [0.2, 0.25) is 0 Å². The van der Waals surface area contributed by atoms with Gasteiger partial charge in [-0.1, -0.05) is 0 Å². The van der Waals surface area contributed by atoms with E-state index in [-0.39, 0.29) is 0 Å². The van der Waals surface area contributed by atoms with Gasteiger partial charge in [0, 0.05) is 32.2 Å². The van der Waals surface area contributed by atoms with Gasteiger partial charge in [0.2, 0.25) is 0 Å². The Kier molecular flexibility index (Phi) is 4.33. The van der Waals surface area contributed by atoms with E-state index in [0.29, 0.717) is 0 Å². The highest BCUT2D eigenvalue weighted by Crippen LogP contribution is 2.36. The molecule has 0 unspecified atom stereocenters. The number of benzene rings is 1. The summed E-state index contributed by atoms with van der Waals surface area (Å²) in [6, 6.07) is 4.09. The molecule has 1 aliphatic rings. The van der Waals surface area contributed by atoms with Crippen molar-refractivity contribution in [3.63, 3.8) is 0 Å². The minimum atomic E-state index is 0.903. The first-order valence-electron chi connectivity index (χ1n) is 5.63. The molecule has 0 spiro atoms. The van der Waals surface area contributed by atoms with E-state index in [1.165, 1.54) is 0 Å². The van der Waals surface area contributed by atoms with Crippen LogP contribution in [-0.4, -0.2) is 40.4 Å². The Morgan fingerprint density at radius 3 is 2.35 bits per heavy atom. The minimum Gasteiger partial charge on any atom is -0.496 e. The van der Waals surface area contributed by atoms with Crippen LogP contribution < -0.4 is 19.7 Å². The van der Waals surface area contributed by atoms with Crippen LogP contribution in [0, 0.1) is 3.57 Å². The third kappa shape index (κ3) is 2.77. The van der Waals surface area contributed by atoms with Gasteiger partial charge in [0.25, 0.3) is 0 Å². The second-order valence-electron chi connectivity index (χ2n) is 3.90. The van der Waals surface area contributed by atoms with Crippen molar-refractivity contribution in [1.29, 1.82) is 0 Å². The lowest BCUT2D eigenvalue weighted by Gasteiger charge is -2.31. The predicted molar refractivity (Wildman–Crippen MR) is 77.3 cm³/mol. The van der Waals surface area contributed by atoms with E-state index >= 15 is 0 Å². The number of anilines is 1. The fraction of sp³-hybridized carbons (Fsp3) is 0.500. The Bertz CT molecular complexity index is 392. The van der Waals surface area contributed by atoms with Gasteiger partial charge in [-0.3, -0.25) is 0 Å². The second kappa shape index (κ2) is 5.77. The average Bonchev–Trinajstić information content (AvgIpc) is 2.39. The maximum atomic E-state index is 5.46. The summed E-state index contributed by atoms with van der Waals surface area (Å²) in [5, 5.41) is 3.35. The monoisotopic (exact) mass is 348 g/mol. The highest BCUT2D eigenvalue weighted by atomic mass is 127. The lowest BCUT2D eigenvalue weighted by Crippen LogP contribution is -2.43. The SMILES string of the molecule is COc1cc(N2CCNCC2)c(OC)cc1I. The topological polar surface area (TPSA) is 33.7 Å². The first kappa shape index (κ1) is 12.8. The highest BCUT2D eigenvalue weighted by molar-refractivity contribution is 14.1. The van der Waals surface area contributed by atoms with Crippen LogP contribution in [0.5, 0.6) is 11.5 Å². The van der Waals surface area contributed by atoms with Crippen LogP contribution in [0.4, 0.5) is 5.69 Å². The van der Waals surface area contributed by atoms with Crippen molar-refractivity contribution in [3.8, 4) is 11.5 Å². The van der Waals surface area contributed by atoms with Crippen LogP contribution >= 0.6 is 22.6 Å². The number of rotatable bonds is 3. The van der Waals surface area contributed by atoms with Crippen LogP contribution in [0.1, 0.15) is 0 Å². The Morgan fingerprint density at radius 2 is 1.76 bits per heavy atom. The van der Waals surface area contributed by atoms with Crippen LogP contribution in [0.15, 0.2) is 12.1 Å². The molecule has 0 saturated carbocycles. The van der Waals surface area contributed by atoms with Crippen molar-refractivity contribution in [3.05, 3.63) is 15.7 Å². The lowest BCUT2D eigenvalue weighted by molar-refractivity contribution is 0.399. The third-order valence-electron chi connectivity index (χ3n) is 2.91. The Balaban J connectivity index is 2.35. The van der Waals surface area contributed by atoms with Gasteiger partial charge in [0.05, 0.1) is 23.5 Å². The quantitative estimate of drug-likeness (QED) is 0.844. The fourth-order valence-electron chi connectivity index (χ4n) is 2.00. The molecular weight excluding hydrogens is 331 g/mol. The summed E-state index contributed by atoms with van der Waals surface area (Å²) in [4.78, 5) is 2.33. The normalized spacial score (nSPS) is 15.8. The molecule has 94 valence electrons. The van der Waals surface area contributed by atoms with Crippen LogP contribution in [0.3, 0.4) is 0 Å². The molecule has 17 heavy (non-hydrogen) atoms. The molecule has 0 radical (unpaired) electrons. The summed E-state index contributed by atoms with van der Waals surface area (Å²) in [5.74, 6) is 1.82. The number of halogens is 1. The van der Waals surface area contributed by atoms with Gasteiger partial charge in [-0.25, -0.2) is 0 Å². The van der Waals surface area contributed by atoms with E-state index in [1.807, 2.05) is 6.07 Å². The molecule has 0 atom stereocenters. The molecular formula is C12H17IN2O2.